The molecule has 0 saturated carbocycles. The summed E-state index contributed by atoms with van der Waals surface area (Å²) in [4.78, 5) is 17.1. The van der Waals surface area contributed by atoms with Crippen LogP contribution in [0.1, 0.15) is 15.9 Å². The highest BCUT2D eigenvalue weighted by Crippen LogP contribution is 2.19. The Bertz CT molecular complexity index is 902. The van der Waals surface area contributed by atoms with Crippen LogP contribution in [-0.2, 0) is 10.0 Å². The fourth-order valence-electron chi connectivity index (χ4n) is 3.09. The van der Waals surface area contributed by atoms with Gasteiger partial charge in [0.05, 0.1) is 11.4 Å². The molecule has 1 heterocycles. The number of nitrogens with zero attached hydrogens (tertiary/aromatic N) is 2. The number of piperazine rings is 1. The highest BCUT2D eigenvalue weighted by Gasteiger charge is 2.19. The Morgan fingerprint density at radius 1 is 1.00 bits per heavy atom. The van der Waals surface area contributed by atoms with Gasteiger partial charge in [-0.25, -0.2) is 8.42 Å². The van der Waals surface area contributed by atoms with Gasteiger partial charge >= 0.3 is 0 Å². The third kappa shape index (κ3) is 4.94. The molecule has 2 aromatic rings. The second kappa shape index (κ2) is 8.21. The molecule has 1 fully saturated rings. The molecule has 1 aliphatic heterocycles. The molecule has 0 aromatic heterocycles. The molecule has 144 valence electrons. The zero-order chi connectivity index (χ0) is 19.4. The lowest BCUT2D eigenvalue weighted by Gasteiger charge is -2.31. The van der Waals surface area contributed by atoms with Crippen molar-refractivity contribution in [3.8, 4) is 0 Å². The first-order chi connectivity index (χ1) is 12.8. The molecule has 0 atom stereocenters. The Kier molecular flexibility index (Phi) is 5.94. The van der Waals surface area contributed by atoms with Gasteiger partial charge in [0.1, 0.15) is 0 Å². The van der Waals surface area contributed by atoms with E-state index in [1.165, 1.54) is 0 Å². The van der Waals surface area contributed by atoms with Gasteiger partial charge in [-0.2, -0.15) is 0 Å². The van der Waals surface area contributed by atoms with Crippen molar-refractivity contribution in [1.29, 1.82) is 0 Å². The van der Waals surface area contributed by atoms with E-state index in [1.54, 1.807) is 55.5 Å². The average molecular weight is 388 g/mol. The summed E-state index contributed by atoms with van der Waals surface area (Å²) in [5.41, 5.74) is 1.71. The standard InChI is InChI=1S/C20H25N3O3S/c1-16-5-3-4-6-20(16)27(25,26)21-18-9-7-17(8-10-18)19(24)15-23-13-11-22(2)12-14-23/h3-10,21H,11-15H2,1-2H3. The van der Waals surface area contributed by atoms with Crippen LogP contribution in [-0.4, -0.2) is 63.8 Å². The van der Waals surface area contributed by atoms with E-state index in [-0.39, 0.29) is 10.7 Å². The Hall–Kier alpha value is -2.22. The normalized spacial score (nSPS) is 16.2. The maximum Gasteiger partial charge on any atom is 0.262 e. The number of likely N-dealkylation sites (N-methyl/N-ethyl adjacent to an activating group) is 1. The predicted octanol–water partition coefficient (Wildman–Crippen LogP) is 2.23. The van der Waals surface area contributed by atoms with E-state index in [1.807, 2.05) is 0 Å². The van der Waals surface area contributed by atoms with E-state index in [4.69, 9.17) is 0 Å². The fourth-order valence-corrected chi connectivity index (χ4v) is 4.40. The molecule has 0 unspecified atom stereocenters. The Balaban J connectivity index is 1.65. The van der Waals surface area contributed by atoms with E-state index in [0.29, 0.717) is 23.4 Å². The highest BCUT2D eigenvalue weighted by molar-refractivity contribution is 7.92. The number of benzene rings is 2. The van der Waals surface area contributed by atoms with Crippen molar-refractivity contribution in [1.82, 2.24) is 9.80 Å². The molecule has 6 nitrogen and oxygen atoms in total. The maximum absolute atomic E-state index is 12.5. The third-order valence-corrected chi connectivity index (χ3v) is 6.35. The minimum absolute atomic E-state index is 0.0489. The third-order valence-electron chi connectivity index (χ3n) is 4.81. The lowest BCUT2D eigenvalue weighted by atomic mass is 10.1. The molecule has 0 radical (unpaired) electrons. The topological polar surface area (TPSA) is 69.7 Å². The number of anilines is 1. The lowest BCUT2D eigenvalue weighted by molar-refractivity contribution is 0.0876. The summed E-state index contributed by atoms with van der Waals surface area (Å²) in [7, 11) is -1.57. The summed E-state index contributed by atoms with van der Waals surface area (Å²) in [6.07, 6.45) is 0. The van der Waals surface area contributed by atoms with Gasteiger partial charge in [-0.05, 0) is 49.9 Å². The van der Waals surface area contributed by atoms with Crippen LogP contribution in [0.25, 0.3) is 0 Å². The zero-order valence-corrected chi connectivity index (χ0v) is 16.5. The Morgan fingerprint density at radius 3 is 2.26 bits per heavy atom. The fraction of sp³-hybridized carbons (Fsp3) is 0.350. The number of hydrogen-bond acceptors (Lipinski definition) is 5. The quantitative estimate of drug-likeness (QED) is 0.770. The Morgan fingerprint density at radius 2 is 1.63 bits per heavy atom. The first kappa shape index (κ1) is 19.5. The molecular weight excluding hydrogens is 362 g/mol. The van der Waals surface area contributed by atoms with Crippen LogP contribution in [0.15, 0.2) is 53.4 Å². The number of aryl methyl sites for hydroxylation is 1. The molecule has 0 amide bonds. The minimum atomic E-state index is -3.65. The van der Waals surface area contributed by atoms with Gasteiger partial charge in [0.15, 0.2) is 5.78 Å². The van der Waals surface area contributed by atoms with Gasteiger partial charge < -0.3 is 4.90 Å². The van der Waals surface area contributed by atoms with Crippen LogP contribution in [0, 0.1) is 6.92 Å². The molecule has 3 rings (SSSR count). The van der Waals surface area contributed by atoms with Crippen LogP contribution in [0.3, 0.4) is 0 Å². The van der Waals surface area contributed by atoms with E-state index >= 15 is 0 Å². The largest absolute Gasteiger partial charge is 0.304 e. The number of ketones is 1. The number of rotatable bonds is 6. The molecule has 0 aliphatic carbocycles. The van der Waals surface area contributed by atoms with Crippen molar-refractivity contribution >= 4 is 21.5 Å². The summed E-state index contributed by atoms with van der Waals surface area (Å²) >= 11 is 0. The van der Waals surface area contributed by atoms with Gasteiger partial charge in [0, 0.05) is 37.4 Å². The lowest BCUT2D eigenvalue weighted by Crippen LogP contribution is -2.46. The molecule has 7 heteroatoms. The summed E-state index contributed by atoms with van der Waals surface area (Å²) in [5, 5.41) is 0. The maximum atomic E-state index is 12.5. The van der Waals surface area contributed by atoms with E-state index in [9.17, 15) is 13.2 Å². The summed E-state index contributed by atoms with van der Waals surface area (Å²) in [5.74, 6) is 0.0489. The molecule has 27 heavy (non-hydrogen) atoms. The van der Waals surface area contributed by atoms with Crippen LogP contribution in [0.2, 0.25) is 0 Å². The van der Waals surface area contributed by atoms with Crippen LogP contribution in [0.5, 0.6) is 0 Å². The second-order valence-electron chi connectivity index (χ2n) is 6.95. The average Bonchev–Trinajstić information content (AvgIpc) is 2.64. The summed E-state index contributed by atoms with van der Waals surface area (Å²) < 4.78 is 27.7. The first-order valence-corrected chi connectivity index (χ1v) is 10.5. The summed E-state index contributed by atoms with van der Waals surface area (Å²) in [6.45, 7) is 5.85. The molecule has 0 bridgehead atoms. The van der Waals surface area contributed by atoms with E-state index in [0.717, 1.165) is 26.2 Å². The first-order valence-electron chi connectivity index (χ1n) is 8.98. The second-order valence-corrected chi connectivity index (χ2v) is 8.60. The van der Waals surface area contributed by atoms with E-state index in [2.05, 4.69) is 21.6 Å². The number of sulfonamides is 1. The number of nitrogens with one attached hydrogen (secondary N) is 1. The van der Waals surface area contributed by atoms with Crippen molar-refractivity contribution < 1.29 is 13.2 Å². The van der Waals surface area contributed by atoms with Crippen molar-refractivity contribution in [2.75, 3.05) is 44.5 Å². The van der Waals surface area contributed by atoms with Crippen molar-refractivity contribution in [2.45, 2.75) is 11.8 Å². The monoisotopic (exact) mass is 387 g/mol. The molecule has 1 saturated heterocycles. The summed E-state index contributed by atoms with van der Waals surface area (Å²) in [6, 6.07) is 13.4. The van der Waals surface area contributed by atoms with Gasteiger partial charge in [0.2, 0.25) is 0 Å². The highest BCUT2D eigenvalue weighted by atomic mass is 32.2. The smallest absolute Gasteiger partial charge is 0.262 e. The van der Waals surface area contributed by atoms with Gasteiger partial charge in [0.25, 0.3) is 10.0 Å². The number of carbonyl (C=O) groups is 1. The Labute approximate surface area is 160 Å². The SMILES string of the molecule is Cc1ccccc1S(=O)(=O)Nc1ccc(C(=O)CN2CCN(C)CC2)cc1. The van der Waals surface area contributed by atoms with Crippen LogP contribution >= 0.6 is 0 Å². The molecule has 2 aromatic carbocycles. The number of carbonyl (C=O) groups excluding carboxylic acids is 1. The minimum Gasteiger partial charge on any atom is -0.304 e. The predicted molar refractivity (Wildman–Crippen MR) is 107 cm³/mol. The van der Waals surface area contributed by atoms with Crippen LogP contribution < -0.4 is 4.72 Å². The molecular formula is C20H25N3O3S. The van der Waals surface area contributed by atoms with Gasteiger partial charge in [-0.1, -0.05) is 18.2 Å². The molecule has 1 aliphatic rings. The van der Waals surface area contributed by atoms with Gasteiger partial charge in [-0.15, -0.1) is 0 Å². The van der Waals surface area contributed by atoms with Crippen molar-refractivity contribution in [2.24, 2.45) is 0 Å². The van der Waals surface area contributed by atoms with Crippen molar-refractivity contribution in [3.05, 3.63) is 59.7 Å². The van der Waals surface area contributed by atoms with Crippen molar-refractivity contribution in [3.63, 3.8) is 0 Å². The molecule has 1 N–H and O–H groups in total. The van der Waals surface area contributed by atoms with E-state index < -0.39 is 10.0 Å². The zero-order valence-electron chi connectivity index (χ0n) is 15.7. The van der Waals surface area contributed by atoms with Crippen LogP contribution in [0.4, 0.5) is 5.69 Å². The number of hydrogen-bond donors (Lipinski definition) is 1. The number of Topliss-reactive ketones (excluding diaryl/α,β-unsaturated/α-hetero) is 1. The molecule has 0 spiro atoms. The van der Waals surface area contributed by atoms with Gasteiger partial charge in [-0.3, -0.25) is 14.4 Å².